The van der Waals surface area contributed by atoms with Crippen molar-refractivity contribution in [2.24, 2.45) is 0 Å². The molecule has 0 saturated carbocycles. The van der Waals surface area contributed by atoms with E-state index in [0.717, 1.165) is 17.3 Å². The molecule has 86 valence electrons. The van der Waals surface area contributed by atoms with Crippen LogP contribution in [0.5, 0.6) is 0 Å². The monoisotopic (exact) mass is 313 g/mol. The molecule has 0 amide bonds. The summed E-state index contributed by atoms with van der Waals surface area (Å²) in [4.78, 5) is 11.1. The molecule has 0 aliphatic rings. The van der Waals surface area contributed by atoms with E-state index in [4.69, 9.17) is 4.74 Å². The molecular weight excluding hydrogens is 291 g/mol. The Kier molecular flexibility index (Phi) is 11.4. The minimum atomic E-state index is -0.328. The van der Waals surface area contributed by atoms with Crippen molar-refractivity contribution in [1.82, 2.24) is 0 Å². The molecule has 0 aromatic carbocycles. The van der Waals surface area contributed by atoms with Gasteiger partial charge < -0.3 is 0 Å². The molecule has 0 radical (unpaired) electrons. The maximum atomic E-state index is 11.1. The number of ether oxygens (including phenoxy) is 1. The van der Waals surface area contributed by atoms with Crippen molar-refractivity contribution in [3.8, 4) is 0 Å². The Bertz CT molecular complexity index is 137. The molecule has 0 fully saturated rings. The zero-order valence-electron chi connectivity index (χ0n) is 9.35. The van der Waals surface area contributed by atoms with E-state index >= 15 is 0 Å². The molecule has 0 aliphatic carbocycles. The second kappa shape index (κ2) is 11.3. The van der Waals surface area contributed by atoms with Crippen LogP contribution in [0.2, 0.25) is 0 Å². The van der Waals surface area contributed by atoms with E-state index in [9.17, 15) is 4.79 Å². The average Bonchev–Trinajstić information content (AvgIpc) is 2.20. The van der Waals surface area contributed by atoms with Gasteiger partial charge in [-0.2, -0.15) is 0 Å². The first-order valence-electron chi connectivity index (χ1n) is 5.57. The second-order valence-corrected chi connectivity index (χ2v) is 6.05. The fraction of sp³-hybridized carbons (Fsp3) is 0.909. The third kappa shape index (κ3) is 10.3. The van der Waals surface area contributed by atoms with E-state index in [1.807, 2.05) is 0 Å². The van der Waals surface area contributed by atoms with Gasteiger partial charge >= 0.3 is 98.1 Å². The molecule has 14 heavy (non-hydrogen) atoms. The van der Waals surface area contributed by atoms with Crippen LogP contribution >= 0.6 is 0 Å². The van der Waals surface area contributed by atoms with Crippen molar-refractivity contribution >= 4 is 3.98 Å². The summed E-state index contributed by atoms with van der Waals surface area (Å²) in [5.41, 5.74) is 0. The molecule has 0 N–H and O–H groups in total. The molecule has 0 spiro atoms. The van der Waals surface area contributed by atoms with Gasteiger partial charge in [0.1, 0.15) is 0 Å². The van der Waals surface area contributed by atoms with Crippen LogP contribution in [0.4, 0.5) is 4.79 Å². The minimum absolute atomic E-state index is 0.0844. The summed E-state index contributed by atoms with van der Waals surface area (Å²) in [6, 6.07) is 0. The summed E-state index contributed by atoms with van der Waals surface area (Å²) < 4.78 is 6.28. The van der Waals surface area contributed by atoms with Gasteiger partial charge in [0, 0.05) is 0 Å². The van der Waals surface area contributed by atoms with Crippen LogP contribution in [-0.4, -0.2) is 15.0 Å². The first-order valence-corrected chi connectivity index (χ1v) is 8.17. The van der Waals surface area contributed by atoms with Crippen LogP contribution in [0.1, 0.15) is 52.4 Å². The van der Waals surface area contributed by atoms with E-state index < -0.39 is 0 Å². The first-order chi connectivity index (χ1) is 6.81. The first kappa shape index (κ1) is 14.2. The van der Waals surface area contributed by atoms with Crippen molar-refractivity contribution in [3.05, 3.63) is 0 Å². The number of carbonyl (C=O) groups excluding carboxylic acids is 1. The van der Waals surface area contributed by atoms with Gasteiger partial charge in [0.2, 0.25) is 0 Å². The third-order valence-corrected chi connectivity index (χ3v) is 4.41. The Hall–Kier alpha value is 0.200. The molecule has 0 rings (SSSR count). The number of rotatable bonds is 9. The molecule has 2 nitrogen and oxygen atoms in total. The zero-order valence-corrected chi connectivity index (χ0v) is 11.5. The van der Waals surface area contributed by atoms with Crippen molar-refractivity contribution in [1.29, 1.82) is 0 Å². The summed E-state index contributed by atoms with van der Waals surface area (Å²) in [7, 11) is 0. The quantitative estimate of drug-likeness (QED) is 0.270. The average molecular weight is 313 g/mol. The van der Waals surface area contributed by atoms with Crippen LogP contribution in [0.25, 0.3) is 0 Å². The van der Waals surface area contributed by atoms with Crippen molar-refractivity contribution < 1.29 is 30.7 Å². The van der Waals surface area contributed by atoms with E-state index in [1.54, 1.807) is 0 Å². The number of hydrogen-bond acceptors (Lipinski definition) is 2. The molecule has 0 saturated heterocycles. The molecule has 0 aromatic rings. The standard InChI is InChI=1S/C11H22IO2/c1-3-5-6-7-8-10-14-11(13)12-9-4-2/h3-10H2,1-2H3/q-1. The number of hydrogen-bond donors (Lipinski definition) is 0. The van der Waals surface area contributed by atoms with Crippen molar-refractivity contribution in [3.63, 3.8) is 0 Å². The van der Waals surface area contributed by atoms with E-state index in [2.05, 4.69) is 13.8 Å². The molecule has 0 aliphatic heterocycles. The van der Waals surface area contributed by atoms with Crippen LogP contribution in [0, 0.1) is 0 Å². The van der Waals surface area contributed by atoms with Gasteiger partial charge in [0.25, 0.3) is 0 Å². The SMILES string of the molecule is CCCCCCCOC(=O)[I-]CCC. The fourth-order valence-corrected chi connectivity index (χ4v) is 2.49. The third-order valence-electron chi connectivity index (χ3n) is 1.86. The molecule has 0 bridgehead atoms. The van der Waals surface area contributed by atoms with Gasteiger partial charge in [-0.1, -0.05) is 0 Å². The van der Waals surface area contributed by atoms with Crippen LogP contribution in [0.3, 0.4) is 0 Å². The number of halogens is 1. The molecule has 0 unspecified atom stereocenters. The summed E-state index contributed by atoms with van der Waals surface area (Å²) in [6.07, 6.45) is 7.20. The molecule has 0 atom stereocenters. The van der Waals surface area contributed by atoms with Gasteiger partial charge in [-0.3, -0.25) is 0 Å². The van der Waals surface area contributed by atoms with Gasteiger partial charge in [0.05, 0.1) is 0 Å². The number of unbranched alkanes of at least 4 members (excludes halogenated alkanes) is 4. The van der Waals surface area contributed by atoms with E-state index in [0.29, 0.717) is 6.61 Å². The van der Waals surface area contributed by atoms with Crippen LogP contribution in [-0.2, 0) is 4.74 Å². The summed E-state index contributed by atoms with van der Waals surface area (Å²) in [5, 5.41) is 0. The Morgan fingerprint density at radius 2 is 1.79 bits per heavy atom. The number of alkyl halides is 1. The van der Waals surface area contributed by atoms with Crippen molar-refractivity contribution in [2.75, 3.05) is 11.0 Å². The fourth-order valence-electron chi connectivity index (χ4n) is 1.07. The Morgan fingerprint density at radius 1 is 1.07 bits per heavy atom. The normalized spacial score (nSPS) is 10.4. The summed E-state index contributed by atoms with van der Waals surface area (Å²) in [6.45, 7) is 4.96. The van der Waals surface area contributed by atoms with Gasteiger partial charge in [-0.15, -0.1) is 0 Å². The van der Waals surface area contributed by atoms with Crippen LogP contribution < -0.4 is 21.2 Å². The van der Waals surface area contributed by atoms with Crippen molar-refractivity contribution in [2.45, 2.75) is 52.4 Å². The predicted octanol–water partition coefficient (Wildman–Crippen LogP) is 0.592. The molecule has 3 heteroatoms. The molecular formula is C11H22IO2-. The summed E-state index contributed by atoms with van der Waals surface area (Å²) in [5.74, 6) is 0. The summed E-state index contributed by atoms with van der Waals surface area (Å²) >= 11 is -0.328. The predicted molar refractivity (Wildman–Crippen MR) is 55.3 cm³/mol. The van der Waals surface area contributed by atoms with Gasteiger partial charge in [0.15, 0.2) is 0 Å². The Labute approximate surface area is 98.0 Å². The number of carbonyl (C=O) groups is 1. The zero-order chi connectivity index (χ0) is 10.6. The van der Waals surface area contributed by atoms with E-state index in [1.165, 1.54) is 25.7 Å². The Balaban J connectivity index is 3.07. The van der Waals surface area contributed by atoms with E-state index in [-0.39, 0.29) is 25.2 Å². The van der Waals surface area contributed by atoms with Gasteiger partial charge in [-0.25, -0.2) is 0 Å². The Morgan fingerprint density at radius 3 is 2.43 bits per heavy atom. The van der Waals surface area contributed by atoms with Gasteiger partial charge in [-0.05, 0) is 0 Å². The second-order valence-electron chi connectivity index (χ2n) is 3.32. The maximum absolute atomic E-state index is 11.1. The molecule has 0 heterocycles. The van der Waals surface area contributed by atoms with Crippen LogP contribution in [0.15, 0.2) is 0 Å². The topological polar surface area (TPSA) is 26.3 Å². The molecule has 0 aromatic heterocycles.